The molecule has 0 aliphatic heterocycles. The Morgan fingerprint density at radius 3 is 2.39 bits per heavy atom. The summed E-state index contributed by atoms with van der Waals surface area (Å²) in [5, 5.41) is 0.632. The molecule has 3 heteroatoms. The monoisotopic (exact) mass is 280 g/mol. The van der Waals surface area contributed by atoms with Gasteiger partial charge in [-0.25, -0.2) is 0 Å². The molecule has 1 nitrogen and oxygen atoms in total. The maximum Gasteiger partial charge on any atom is 0.133 e. The molecule has 18 heavy (non-hydrogen) atoms. The number of benzene rings is 2. The minimum Gasteiger partial charge on any atom is -0.457 e. The molecule has 94 valence electrons. The fourth-order valence-electron chi connectivity index (χ4n) is 1.68. The van der Waals surface area contributed by atoms with Gasteiger partial charge in [0.2, 0.25) is 0 Å². The third-order valence-corrected chi connectivity index (χ3v) is 3.39. The fraction of sp³-hybridized carbons (Fsp3) is 0.200. The van der Waals surface area contributed by atoms with Crippen molar-refractivity contribution >= 4 is 23.2 Å². The molecule has 0 bridgehead atoms. The van der Waals surface area contributed by atoms with E-state index in [0.29, 0.717) is 16.7 Å². The number of hydrogen-bond donors (Lipinski definition) is 0. The predicted molar refractivity (Wildman–Crippen MR) is 76.9 cm³/mol. The molecule has 0 radical (unpaired) electrons. The van der Waals surface area contributed by atoms with Crippen molar-refractivity contribution in [3.63, 3.8) is 0 Å². The number of aryl methyl sites for hydroxylation is 1. The van der Waals surface area contributed by atoms with E-state index in [1.165, 1.54) is 5.56 Å². The highest BCUT2D eigenvalue weighted by Crippen LogP contribution is 2.31. The maximum atomic E-state index is 6.08. The Hall–Kier alpha value is -1.18. The van der Waals surface area contributed by atoms with Crippen molar-refractivity contribution in [2.75, 3.05) is 0 Å². The first-order valence-electron chi connectivity index (χ1n) is 5.84. The van der Waals surface area contributed by atoms with Gasteiger partial charge in [0.1, 0.15) is 11.5 Å². The zero-order valence-electron chi connectivity index (χ0n) is 10.1. The molecule has 0 aromatic heterocycles. The molecule has 2 aromatic rings. The van der Waals surface area contributed by atoms with Crippen molar-refractivity contribution in [2.45, 2.75) is 19.2 Å². The van der Waals surface area contributed by atoms with Crippen LogP contribution in [0.2, 0.25) is 5.02 Å². The van der Waals surface area contributed by atoms with Crippen LogP contribution in [0.3, 0.4) is 0 Å². The van der Waals surface area contributed by atoms with Crippen LogP contribution in [0, 0.1) is 0 Å². The van der Waals surface area contributed by atoms with E-state index in [4.69, 9.17) is 27.9 Å². The third kappa shape index (κ3) is 2.98. The average Bonchev–Trinajstić information content (AvgIpc) is 2.40. The lowest BCUT2D eigenvalue weighted by Gasteiger charge is -2.11. The van der Waals surface area contributed by atoms with Crippen LogP contribution in [-0.4, -0.2) is 0 Å². The molecular formula is C15H14Cl2O. The number of halogens is 2. The Kier molecular flexibility index (Phi) is 4.51. The van der Waals surface area contributed by atoms with Gasteiger partial charge in [-0.15, -0.1) is 11.6 Å². The lowest BCUT2D eigenvalue weighted by atomic mass is 10.2. The van der Waals surface area contributed by atoms with Crippen molar-refractivity contribution in [2.24, 2.45) is 0 Å². The van der Waals surface area contributed by atoms with Gasteiger partial charge in [0.15, 0.2) is 0 Å². The second-order valence-corrected chi connectivity index (χ2v) is 4.62. The van der Waals surface area contributed by atoms with Crippen LogP contribution in [0.1, 0.15) is 18.1 Å². The van der Waals surface area contributed by atoms with Crippen LogP contribution in [0.5, 0.6) is 11.5 Å². The highest BCUT2D eigenvalue weighted by molar-refractivity contribution is 6.32. The van der Waals surface area contributed by atoms with E-state index in [2.05, 4.69) is 19.1 Å². The van der Waals surface area contributed by atoms with Crippen molar-refractivity contribution < 1.29 is 4.74 Å². The second kappa shape index (κ2) is 6.12. The van der Waals surface area contributed by atoms with Crippen LogP contribution in [0.4, 0.5) is 0 Å². The molecule has 0 heterocycles. The normalized spacial score (nSPS) is 10.4. The van der Waals surface area contributed by atoms with Gasteiger partial charge in [-0.3, -0.25) is 0 Å². The molecule has 0 fully saturated rings. The van der Waals surface area contributed by atoms with Crippen LogP contribution >= 0.6 is 23.2 Å². The van der Waals surface area contributed by atoms with Gasteiger partial charge in [-0.2, -0.15) is 0 Å². The summed E-state index contributed by atoms with van der Waals surface area (Å²) in [5.41, 5.74) is 2.10. The zero-order valence-corrected chi connectivity index (χ0v) is 11.6. The molecule has 2 rings (SSSR count). The topological polar surface area (TPSA) is 9.23 Å². The SMILES string of the molecule is CCc1ccc(Oc2cccc(Cl)c2CCl)cc1. The summed E-state index contributed by atoms with van der Waals surface area (Å²) in [7, 11) is 0. The van der Waals surface area contributed by atoms with Gasteiger partial charge >= 0.3 is 0 Å². The van der Waals surface area contributed by atoms with E-state index in [9.17, 15) is 0 Å². The molecule has 2 aromatic carbocycles. The molecule has 0 saturated heterocycles. The van der Waals surface area contributed by atoms with Crippen molar-refractivity contribution in [1.82, 2.24) is 0 Å². The highest BCUT2D eigenvalue weighted by Gasteiger charge is 2.07. The van der Waals surface area contributed by atoms with E-state index in [1.54, 1.807) is 0 Å². The van der Waals surface area contributed by atoms with Gasteiger partial charge in [0, 0.05) is 10.6 Å². The van der Waals surface area contributed by atoms with Crippen LogP contribution in [-0.2, 0) is 12.3 Å². The molecule has 0 atom stereocenters. The Labute approximate surface area is 117 Å². The molecule has 0 amide bonds. The summed E-state index contributed by atoms with van der Waals surface area (Å²) in [6.45, 7) is 2.12. The number of ether oxygens (including phenoxy) is 1. The standard InChI is InChI=1S/C15H14Cl2O/c1-2-11-6-8-12(9-7-11)18-15-5-3-4-14(17)13(15)10-16/h3-9H,2,10H2,1H3. The van der Waals surface area contributed by atoms with Gasteiger partial charge in [-0.05, 0) is 36.2 Å². The summed E-state index contributed by atoms with van der Waals surface area (Å²) in [5.74, 6) is 1.84. The van der Waals surface area contributed by atoms with Crippen LogP contribution in [0.15, 0.2) is 42.5 Å². The van der Waals surface area contributed by atoms with Crippen molar-refractivity contribution in [3.05, 3.63) is 58.6 Å². The fourth-order valence-corrected chi connectivity index (χ4v) is 2.26. The second-order valence-electron chi connectivity index (χ2n) is 3.95. The first-order valence-corrected chi connectivity index (χ1v) is 6.76. The summed E-state index contributed by atoms with van der Waals surface area (Å²) < 4.78 is 5.81. The summed E-state index contributed by atoms with van der Waals surface area (Å²) in [6, 6.07) is 13.6. The van der Waals surface area contributed by atoms with Gasteiger partial charge in [0.25, 0.3) is 0 Å². The van der Waals surface area contributed by atoms with Crippen molar-refractivity contribution in [3.8, 4) is 11.5 Å². The van der Waals surface area contributed by atoms with Gasteiger partial charge in [-0.1, -0.05) is 36.7 Å². The largest absolute Gasteiger partial charge is 0.457 e. The van der Waals surface area contributed by atoms with Gasteiger partial charge in [0.05, 0.1) is 5.88 Å². The lowest BCUT2D eigenvalue weighted by Crippen LogP contribution is -1.91. The summed E-state index contributed by atoms with van der Waals surface area (Å²) in [4.78, 5) is 0. The van der Waals surface area contributed by atoms with Crippen molar-refractivity contribution in [1.29, 1.82) is 0 Å². The summed E-state index contributed by atoms with van der Waals surface area (Å²) >= 11 is 12.0. The first-order chi connectivity index (χ1) is 8.74. The Morgan fingerprint density at radius 2 is 1.78 bits per heavy atom. The maximum absolute atomic E-state index is 6.08. The quantitative estimate of drug-likeness (QED) is 0.678. The first kappa shape index (κ1) is 13.3. The Balaban J connectivity index is 2.25. The Bertz CT molecular complexity index is 521. The zero-order chi connectivity index (χ0) is 13.0. The van der Waals surface area contributed by atoms with Crippen LogP contribution < -0.4 is 4.74 Å². The molecule has 0 unspecified atom stereocenters. The number of hydrogen-bond acceptors (Lipinski definition) is 1. The van der Waals surface area contributed by atoms with E-state index in [1.807, 2.05) is 30.3 Å². The molecule has 0 N–H and O–H groups in total. The molecular weight excluding hydrogens is 267 g/mol. The lowest BCUT2D eigenvalue weighted by molar-refractivity contribution is 0.478. The molecule has 0 spiro atoms. The minimum atomic E-state index is 0.335. The molecule has 0 aliphatic rings. The summed E-state index contributed by atoms with van der Waals surface area (Å²) in [6.07, 6.45) is 1.02. The highest BCUT2D eigenvalue weighted by atomic mass is 35.5. The van der Waals surface area contributed by atoms with E-state index >= 15 is 0 Å². The number of alkyl halides is 1. The Morgan fingerprint density at radius 1 is 1.06 bits per heavy atom. The van der Waals surface area contributed by atoms with E-state index in [-0.39, 0.29) is 0 Å². The van der Waals surface area contributed by atoms with E-state index < -0.39 is 0 Å². The average molecular weight is 281 g/mol. The smallest absolute Gasteiger partial charge is 0.133 e. The van der Waals surface area contributed by atoms with Gasteiger partial charge < -0.3 is 4.74 Å². The molecule has 0 saturated carbocycles. The predicted octanol–water partition coefficient (Wildman–Crippen LogP) is 5.43. The third-order valence-electron chi connectivity index (χ3n) is 2.77. The van der Waals surface area contributed by atoms with E-state index in [0.717, 1.165) is 17.7 Å². The molecule has 0 aliphatic carbocycles. The van der Waals surface area contributed by atoms with Crippen LogP contribution in [0.25, 0.3) is 0 Å². The number of rotatable bonds is 4. The minimum absolute atomic E-state index is 0.335.